The number of carbonyl (C=O) groups excluding carboxylic acids is 1. The Balaban J connectivity index is 1.72. The molecule has 2 aromatic rings. The fraction of sp³-hybridized carbons (Fsp3) is 0.455. The van der Waals surface area contributed by atoms with E-state index < -0.39 is 0 Å². The number of carbonyl (C=O) groups is 1. The van der Waals surface area contributed by atoms with Crippen molar-refractivity contribution >= 4 is 17.2 Å². The quantitative estimate of drug-likeness (QED) is 0.767. The van der Waals surface area contributed by atoms with Gasteiger partial charge in [-0.3, -0.25) is 4.79 Å². The van der Waals surface area contributed by atoms with E-state index in [1.165, 1.54) is 4.68 Å². The van der Waals surface area contributed by atoms with Crippen molar-refractivity contribution in [3.05, 3.63) is 28.0 Å². The van der Waals surface area contributed by atoms with Crippen LogP contribution in [0, 0.1) is 6.92 Å². The van der Waals surface area contributed by atoms with Crippen LogP contribution in [-0.2, 0) is 24.3 Å². The standard InChI is InChI=1S/C11H16N6OS/c1-8-7-19-11(14-8)2-3-13-10(18)6-17-5-9(4-12)15-16-17/h5,7H,2-4,6,12H2,1H3,(H,13,18). The van der Waals surface area contributed by atoms with Gasteiger partial charge in [-0.1, -0.05) is 5.21 Å². The van der Waals surface area contributed by atoms with Crippen LogP contribution < -0.4 is 11.1 Å². The van der Waals surface area contributed by atoms with Crippen LogP contribution in [0.1, 0.15) is 16.4 Å². The van der Waals surface area contributed by atoms with E-state index in [4.69, 9.17) is 5.73 Å². The molecule has 0 fully saturated rings. The summed E-state index contributed by atoms with van der Waals surface area (Å²) in [5.74, 6) is -0.0956. The fourth-order valence-electron chi connectivity index (χ4n) is 1.54. The van der Waals surface area contributed by atoms with E-state index in [9.17, 15) is 4.79 Å². The fourth-order valence-corrected chi connectivity index (χ4v) is 2.31. The number of nitrogens with two attached hydrogens (primary N) is 1. The average molecular weight is 280 g/mol. The molecule has 1 amide bonds. The number of nitrogens with one attached hydrogen (secondary N) is 1. The monoisotopic (exact) mass is 280 g/mol. The summed E-state index contributed by atoms with van der Waals surface area (Å²) in [5.41, 5.74) is 7.11. The number of amides is 1. The van der Waals surface area contributed by atoms with E-state index in [2.05, 4.69) is 20.6 Å². The minimum Gasteiger partial charge on any atom is -0.354 e. The third-order valence-electron chi connectivity index (χ3n) is 2.43. The highest BCUT2D eigenvalue weighted by Crippen LogP contribution is 2.08. The van der Waals surface area contributed by atoms with Gasteiger partial charge in [-0.25, -0.2) is 9.67 Å². The molecule has 0 saturated heterocycles. The summed E-state index contributed by atoms with van der Waals surface area (Å²) in [7, 11) is 0. The van der Waals surface area contributed by atoms with Gasteiger partial charge in [0, 0.05) is 30.6 Å². The van der Waals surface area contributed by atoms with Gasteiger partial charge in [0.05, 0.1) is 16.9 Å². The Labute approximate surface area is 114 Å². The van der Waals surface area contributed by atoms with E-state index in [-0.39, 0.29) is 12.5 Å². The molecule has 2 aromatic heterocycles. The minimum absolute atomic E-state index is 0.0956. The lowest BCUT2D eigenvalue weighted by atomic mass is 10.4. The maximum Gasteiger partial charge on any atom is 0.241 e. The van der Waals surface area contributed by atoms with Crippen LogP contribution in [0.25, 0.3) is 0 Å². The zero-order chi connectivity index (χ0) is 13.7. The first-order chi connectivity index (χ1) is 9.17. The topological polar surface area (TPSA) is 98.7 Å². The molecule has 0 radical (unpaired) electrons. The van der Waals surface area contributed by atoms with Gasteiger partial charge in [-0.2, -0.15) is 0 Å². The largest absolute Gasteiger partial charge is 0.354 e. The van der Waals surface area contributed by atoms with Crippen molar-refractivity contribution in [1.29, 1.82) is 0 Å². The summed E-state index contributed by atoms with van der Waals surface area (Å²) >= 11 is 1.61. The zero-order valence-electron chi connectivity index (χ0n) is 10.7. The molecular formula is C11H16N6OS. The van der Waals surface area contributed by atoms with E-state index >= 15 is 0 Å². The molecule has 19 heavy (non-hydrogen) atoms. The highest BCUT2D eigenvalue weighted by molar-refractivity contribution is 7.09. The van der Waals surface area contributed by atoms with Crippen LogP contribution in [0.5, 0.6) is 0 Å². The predicted octanol–water partition coefficient (Wildman–Crippen LogP) is -0.139. The molecule has 2 rings (SSSR count). The molecule has 0 saturated carbocycles. The van der Waals surface area contributed by atoms with Gasteiger partial charge >= 0.3 is 0 Å². The second-order valence-electron chi connectivity index (χ2n) is 4.09. The second-order valence-corrected chi connectivity index (χ2v) is 5.04. The molecule has 3 N–H and O–H groups in total. The molecule has 102 valence electrons. The Kier molecular flexibility index (Phi) is 4.58. The maximum absolute atomic E-state index is 11.7. The Morgan fingerprint density at radius 2 is 2.42 bits per heavy atom. The van der Waals surface area contributed by atoms with Crippen molar-refractivity contribution in [2.45, 2.75) is 26.4 Å². The summed E-state index contributed by atoms with van der Waals surface area (Å²) in [5, 5.41) is 13.5. The smallest absolute Gasteiger partial charge is 0.241 e. The van der Waals surface area contributed by atoms with E-state index in [0.717, 1.165) is 17.1 Å². The van der Waals surface area contributed by atoms with Crippen molar-refractivity contribution in [1.82, 2.24) is 25.3 Å². The zero-order valence-corrected chi connectivity index (χ0v) is 11.5. The summed E-state index contributed by atoms with van der Waals surface area (Å²) in [6.45, 7) is 3.01. The highest BCUT2D eigenvalue weighted by Gasteiger charge is 2.05. The number of nitrogens with zero attached hydrogens (tertiary/aromatic N) is 4. The lowest BCUT2D eigenvalue weighted by molar-refractivity contribution is -0.121. The normalized spacial score (nSPS) is 10.6. The molecule has 0 atom stereocenters. The molecular weight excluding hydrogens is 264 g/mol. The van der Waals surface area contributed by atoms with Crippen molar-refractivity contribution in [2.24, 2.45) is 5.73 Å². The number of aryl methyl sites for hydroxylation is 1. The second kappa shape index (κ2) is 6.39. The van der Waals surface area contributed by atoms with Gasteiger partial charge in [-0.05, 0) is 6.92 Å². The Hall–Kier alpha value is -1.80. The lowest BCUT2D eigenvalue weighted by Gasteiger charge is -2.03. The molecule has 0 aliphatic carbocycles. The van der Waals surface area contributed by atoms with Crippen molar-refractivity contribution in [3.63, 3.8) is 0 Å². The van der Waals surface area contributed by atoms with Gasteiger partial charge in [0.15, 0.2) is 0 Å². The van der Waals surface area contributed by atoms with Crippen LogP contribution in [0.2, 0.25) is 0 Å². The third-order valence-corrected chi connectivity index (χ3v) is 3.45. The minimum atomic E-state index is -0.0956. The van der Waals surface area contributed by atoms with Crippen LogP contribution in [0.4, 0.5) is 0 Å². The molecule has 0 aliphatic rings. The summed E-state index contributed by atoms with van der Waals surface area (Å²) in [4.78, 5) is 16.0. The van der Waals surface area contributed by atoms with E-state index in [1.54, 1.807) is 17.5 Å². The molecule has 0 unspecified atom stereocenters. The van der Waals surface area contributed by atoms with Crippen LogP contribution in [0.15, 0.2) is 11.6 Å². The first-order valence-electron chi connectivity index (χ1n) is 5.94. The van der Waals surface area contributed by atoms with Crippen LogP contribution in [-0.4, -0.2) is 32.4 Å². The number of thiazole rings is 1. The molecule has 0 aliphatic heterocycles. The SMILES string of the molecule is Cc1csc(CCNC(=O)Cn2cc(CN)nn2)n1. The van der Waals surface area contributed by atoms with Crippen molar-refractivity contribution in [2.75, 3.05) is 6.54 Å². The number of hydrogen-bond acceptors (Lipinski definition) is 6. The van der Waals surface area contributed by atoms with Gasteiger partial charge in [0.1, 0.15) is 6.54 Å². The van der Waals surface area contributed by atoms with Crippen LogP contribution >= 0.6 is 11.3 Å². The molecule has 7 nitrogen and oxygen atoms in total. The molecule has 0 aromatic carbocycles. The van der Waals surface area contributed by atoms with Gasteiger partial charge in [0.25, 0.3) is 0 Å². The maximum atomic E-state index is 11.7. The van der Waals surface area contributed by atoms with Crippen molar-refractivity contribution < 1.29 is 4.79 Å². The molecule has 2 heterocycles. The highest BCUT2D eigenvalue weighted by atomic mass is 32.1. The average Bonchev–Trinajstić information content (AvgIpc) is 2.98. The number of aromatic nitrogens is 4. The Morgan fingerprint density at radius 3 is 3.05 bits per heavy atom. The molecule has 0 spiro atoms. The van der Waals surface area contributed by atoms with E-state index in [1.807, 2.05) is 12.3 Å². The molecule has 8 heteroatoms. The Morgan fingerprint density at radius 1 is 1.58 bits per heavy atom. The first kappa shape index (κ1) is 13.6. The lowest BCUT2D eigenvalue weighted by Crippen LogP contribution is -2.29. The van der Waals surface area contributed by atoms with Crippen LogP contribution in [0.3, 0.4) is 0 Å². The summed E-state index contributed by atoms with van der Waals surface area (Å²) < 4.78 is 1.48. The van der Waals surface area contributed by atoms with Crippen molar-refractivity contribution in [3.8, 4) is 0 Å². The predicted molar refractivity (Wildman–Crippen MR) is 71.5 cm³/mol. The van der Waals surface area contributed by atoms with Gasteiger partial charge < -0.3 is 11.1 Å². The third kappa shape index (κ3) is 4.11. The van der Waals surface area contributed by atoms with E-state index in [0.29, 0.717) is 18.8 Å². The number of rotatable bonds is 6. The summed E-state index contributed by atoms with van der Waals surface area (Å²) in [6, 6.07) is 0. The molecule has 0 bridgehead atoms. The Bertz CT molecular complexity index is 549. The van der Waals surface area contributed by atoms with Gasteiger partial charge in [0.2, 0.25) is 5.91 Å². The summed E-state index contributed by atoms with van der Waals surface area (Å²) in [6.07, 6.45) is 2.42. The number of hydrogen-bond donors (Lipinski definition) is 2. The first-order valence-corrected chi connectivity index (χ1v) is 6.82. The van der Waals surface area contributed by atoms with Gasteiger partial charge in [-0.15, -0.1) is 16.4 Å².